The molecule has 0 spiro atoms. The molecule has 0 bridgehead atoms. The van der Waals surface area contributed by atoms with E-state index in [0.717, 1.165) is 19.0 Å². The van der Waals surface area contributed by atoms with Gasteiger partial charge in [-0.2, -0.15) is 0 Å². The van der Waals surface area contributed by atoms with Crippen molar-refractivity contribution in [2.45, 2.75) is 12.8 Å². The molecule has 1 aliphatic rings. The van der Waals surface area contributed by atoms with Crippen LogP contribution in [0.15, 0.2) is 12.2 Å². The predicted molar refractivity (Wildman–Crippen MR) is 70.8 cm³/mol. The molecule has 1 aliphatic heterocycles. The SMILES string of the molecule is C=C(CNC)CN(C)CC1CCN(C)CC1. The van der Waals surface area contributed by atoms with Crippen LogP contribution in [0, 0.1) is 5.92 Å². The number of rotatable bonds is 6. The Bertz CT molecular complexity index is 207. The van der Waals surface area contributed by atoms with Gasteiger partial charge in [0.15, 0.2) is 0 Å². The molecule has 0 aromatic rings. The van der Waals surface area contributed by atoms with Crippen LogP contribution in [0.1, 0.15) is 12.8 Å². The molecule has 3 heteroatoms. The standard InChI is InChI=1S/C13H27N3/c1-12(9-14-2)10-16(4)11-13-5-7-15(3)8-6-13/h13-14H,1,5-11H2,2-4H3. The summed E-state index contributed by atoms with van der Waals surface area (Å²) in [6, 6.07) is 0. The number of nitrogens with one attached hydrogen (secondary N) is 1. The van der Waals surface area contributed by atoms with Gasteiger partial charge in [0.1, 0.15) is 0 Å². The van der Waals surface area contributed by atoms with Crippen molar-refractivity contribution in [2.24, 2.45) is 5.92 Å². The summed E-state index contributed by atoms with van der Waals surface area (Å²) in [4.78, 5) is 4.84. The average molecular weight is 225 g/mol. The molecule has 0 saturated carbocycles. The minimum Gasteiger partial charge on any atom is -0.316 e. The second-order valence-corrected chi connectivity index (χ2v) is 5.22. The first kappa shape index (κ1) is 13.7. The van der Waals surface area contributed by atoms with Gasteiger partial charge >= 0.3 is 0 Å². The van der Waals surface area contributed by atoms with Crippen LogP contribution in [0.5, 0.6) is 0 Å². The van der Waals surface area contributed by atoms with Gasteiger partial charge in [-0.15, -0.1) is 0 Å². The quantitative estimate of drug-likeness (QED) is 0.681. The number of hydrogen-bond acceptors (Lipinski definition) is 3. The van der Waals surface area contributed by atoms with E-state index in [1.54, 1.807) is 0 Å². The smallest absolute Gasteiger partial charge is 0.0199 e. The molecule has 1 fully saturated rings. The van der Waals surface area contributed by atoms with Crippen LogP contribution in [-0.2, 0) is 0 Å². The summed E-state index contributed by atoms with van der Waals surface area (Å²) in [7, 11) is 6.40. The van der Waals surface area contributed by atoms with Crippen LogP contribution in [-0.4, -0.2) is 63.7 Å². The number of likely N-dealkylation sites (N-methyl/N-ethyl adjacent to an activating group) is 2. The molecule has 94 valence electrons. The fourth-order valence-electron chi connectivity index (χ4n) is 2.44. The Labute approximate surface area is 100 Å². The van der Waals surface area contributed by atoms with Crippen molar-refractivity contribution >= 4 is 0 Å². The molecule has 0 radical (unpaired) electrons. The van der Waals surface area contributed by atoms with Gasteiger partial charge in [0.25, 0.3) is 0 Å². The minimum atomic E-state index is 0.878. The third-order valence-corrected chi connectivity index (χ3v) is 3.33. The molecule has 0 aromatic heterocycles. The first-order valence-electron chi connectivity index (χ1n) is 6.30. The van der Waals surface area contributed by atoms with Gasteiger partial charge in [0.05, 0.1) is 0 Å². The van der Waals surface area contributed by atoms with Crippen molar-refractivity contribution < 1.29 is 0 Å². The summed E-state index contributed by atoms with van der Waals surface area (Å²) < 4.78 is 0. The molecule has 3 nitrogen and oxygen atoms in total. The second kappa shape index (κ2) is 7.05. The van der Waals surface area contributed by atoms with E-state index in [2.05, 4.69) is 35.8 Å². The van der Waals surface area contributed by atoms with E-state index in [4.69, 9.17) is 0 Å². The zero-order valence-corrected chi connectivity index (χ0v) is 11.1. The van der Waals surface area contributed by atoms with Gasteiger partial charge < -0.3 is 15.1 Å². The first-order chi connectivity index (χ1) is 7.61. The Morgan fingerprint density at radius 3 is 2.62 bits per heavy atom. The van der Waals surface area contributed by atoms with Crippen molar-refractivity contribution in [1.82, 2.24) is 15.1 Å². The van der Waals surface area contributed by atoms with Gasteiger partial charge in [-0.05, 0) is 58.6 Å². The summed E-state index contributed by atoms with van der Waals surface area (Å²) in [6.07, 6.45) is 2.69. The van der Waals surface area contributed by atoms with Crippen LogP contribution in [0.25, 0.3) is 0 Å². The molecule has 0 atom stereocenters. The lowest BCUT2D eigenvalue weighted by Gasteiger charge is -2.31. The number of nitrogens with zero attached hydrogens (tertiary/aromatic N) is 2. The lowest BCUT2D eigenvalue weighted by Crippen LogP contribution is -2.36. The maximum atomic E-state index is 4.08. The summed E-state index contributed by atoms with van der Waals surface area (Å²) in [6.45, 7) is 9.77. The molecule has 1 saturated heterocycles. The molecule has 0 aliphatic carbocycles. The van der Waals surface area contributed by atoms with Gasteiger partial charge in [-0.25, -0.2) is 0 Å². The molecule has 1 N–H and O–H groups in total. The summed E-state index contributed by atoms with van der Waals surface area (Å²) in [5.74, 6) is 0.878. The van der Waals surface area contributed by atoms with E-state index < -0.39 is 0 Å². The van der Waals surface area contributed by atoms with Crippen LogP contribution in [0.4, 0.5) is 0 Å². The van der Waals surface area contributed by atoms with E-state index in [9.17, 15) is 0 Å². The third kappa shape index (κ3) is 5.10. The Hall–Kier alpha value is -0.380. The van der Waals surface area contributed by atoms with Crippen LogP contribution in [0.3, 0.4) is 0 Å². The fraction of sp³-hybridized carbons (Fsp3) is 0.846. The van der Waals surface area contributed by atoms with Crippen molar-refractivity contribution in [1.29, 1.82) is 0 Å². The number of hydrogen-bond donors (Lipinski definition) is 1. The van der Waals surface area contributed by atoms with E-state index in [1.165, 1.54) is 38.0 Å². The highest BCUT2D eigenvalue weighted by atomic mass is 15.1. The molecule has 0 aromatic carbocycles. The van der Waals surface area contributed by atoms with E-state index in [0.29, 0.717) is 0 Å². The monoisotopic (exact) mass is 225 g/mol. The lowest BCUT2D eigenvalue weighted by atomic mass is 9.96. The Kier molecular flexibility index (Phi) is 6.03. The molecular formula is C13H27N3. The van der Waals surface area contributed by atoms with E-state index in [1.807, 2.05) is 7.05 Å². The normalized spacial score (nSPS) is 19.2. The highest BCUT2D eigenvalue weighted by molar-refractivity contribution is 4.99. The highest BCUT2D eigenvalue weighted by Crippen LogP contribution is 2.16. The third-order valence-electron chi connectivity index (χ3n) is 3.33. The molecule has 0 unspecified atom stereocenters. The summed E-state index contributed by atoms with van der Waals surface area (Å²) >= 11 is 0. The molecular weight excluding hydrogens is 198 g/mol. The predicted octanol–water partition coefficient (Wildman–Crippen LogP) is 1.04. The Morgan fingerprint density at radius 1 is 1.44 bits per heavy atom. The topological polar surface area (TPSA) is 18.5 Å². The van der Waals surface area contributed by atoms with Gasteiger partial charge in [-0.1, -0.05) is 6.58 Å². The number of likely N-dealkylation sites (tertiary alicyclic amines) is 1. The van der Waals surface area contributed by atoms with Crippen LogP contribution < -0.4 is 5.32 Å². The van der Waals surface area contributed by atoms with E-state index >= 15 is 0 Å². The summed E-state index contributed by atoms with van der Waals surface area (Å²) in [5.41, 5.74) is 1.28. The Morgan fingerprint density at radius 2 is 2.06 bits per heavy atom. The second-order valence-electron chi connectivity index (χ2n) is 5.22. The van der Waals surface area contributed by atoms with Crippen molar-refractivity contribution in [3.63, 3.8) is 0 Å². The summed E-state index contributed by atoms with van der Waals surface area (Å²) in [5, 5.41) is 3.15. The zero-order valence-electron chi connectivity index (χ0n) is 11.1. The van der Waals surface area contributed by atoms with E-state index in [-0.39, 0.29) is 0 Å². The molecule has 16 heavy (non-hydrogen) atoms. The van der Waals surface area contributed by atoms with Gasteiger partial charge in [0.2, 0.25) is 0 Å². The highest BCUT2D eigenvalue weighted by Gasteiger charge is 2.17. The largest absolute Gasteiger partial charge is 0.316 e. The lowest BCUT2D eigenvalue weighted by molar-refractivity contribution is 0.181. The van der Waals surface area contributed by atoms with Crippen molar-refractivity contribution in [2.75, 3.05) is 53.9 Å². The molecule has 0 amide bonds. The molecule has 1 heterocycles. The van der Waals surface area contributed by atoms with Crippen molar-refractivity contribution in [3.8, 4) is 0 Å². The fourth-order valence-corrected chi connectivity index (χ4v) is 2.44. The molecule has 1 rings (SSSR count). The van der Waals surface area contributed by atoms with Crippen LogP contribution >= 0.6 is 0 Å². The van der Waals surface area contributed by atoms with Gasteiger partial charge in [0, 0.05) is 19.6 Å². The maximum Gasteiger partial charge on any atom is 0.0199 e. The Balaban J connectivity index is 2.18. The maximum absolute atomic E-state index is 4.08. The first-order valence-corrected chi connectivity index (χ1v) is 6.30. The zero-order chi connectivity index (χ0) is 12.0. The minimum absolute atomic E-state index is 0.878. The van der Waals surface area contributed by atoms with Crippen LogP contribution in [0.2, 0.25) is 0 Å². The van der Waals surface area contributed by atoms with Gasteiger partial charge in [-0.3, -0.25) is 0 Å². The number of piperidine rings is 1. The van der Waals surface area contributed by atoms with Crippen molar-refractivity contribution in [3.05, 3.63) is 12.2 Å². The average Bonchev–Trinajstić information content (AvgIpc) is 2.21.